The van der Waals surface area contributed by atoms with Crippen LogP contribution in [-0.4, -0.2) is 15.6 Å². The molecule has 1 heterocycles. The van der Waals surface area contributed by atoms with Crippen LogP contribution in [0.5, 0.6) is 0 Å². The van der Waals surface area contributed by atoms with Gasteiger partial charge in [0.05, 0.1) is 11.4 Å². The van der Waals surface area contributed by atoms with Gasteiger partial charge >= 0.3 is 0 Å². The first kappa shape index (κ1) is 22.1. The van der Waals surface area contributed by atoms with Crippen LogP contribution in [0.15, 0.2) is 72.8 Å². The highest BCUT2D eigenvalue weighted by atomic mass is 35.5. The van der Waals surface area contributed by atoms with Crippen LogP contribution in [0.2, 0.25) is 10.0 Å². The molecule has 4 nitrogen and oxygen atoms in total. The molecule has 0 saturated heterocycles. The van der Waals surface area contributed by atoms with Crippen LogP contribution in [0.25, 0.3) is 16.9 Å². The van der Waals surface area contributed by atoms with Gasteiger partial charge in [-0.3, -0.25) is 4.79 Å². The molecule has 1 aromatic heterocycles. The van der Waals surface area contributed by atoms with Gasteiger partial charge in [0.15, 0.2) is 5.78 Å². The largest absolute Gasteiger partial charge is 0.340 e. The summed E-state index contributed by atoms with van der Waals surface area (Å²) in [5, 5.41) is 9.35. The van der Waals surface area contributed by atoms with Crippen molar-refractivity contribution in [2.45, 2.75) is 26.7 Å². The average Bonchev–Trinajstić information content (AvgIpc) is 3.18. The molecule has 4 rings (SSSR count). The number of carbonyl (C=O) groups excluding carboxylic acids is 1. The van der Waals surface area contributed by atoms with E-state index in [-0.39, 0.29) is 5.78 Å². The monoisotopic (exact) mass is 463 g/mol. The number of anilines is 2. The highest BCUT2D eigenvalue weighted by molar-refractivity contribution is 6.35. The van der Waals surface area contributed by atoms with Crippen molar-refractivity contribution in [3.63, 3.8) is 0 Å². The van der Waals surface area contributed by atoms with E-state index in [2.05, 4.69) is 5.32 Å². The molecule has 0 atom stereocenters. The second-order valence-corrected chi connectivity index (χ2v) is 8.57. The van der Waals surface area contributed by atoms with Crippen molar-refractivity contribution < 1.29 is 4.79 Å². The van der Waals surface area contributed by atoms with Gasteiger partial charge < -0.3 is 5.32 Å². The number of aromatic nitrogens is 2. The molecule has 0 unspecified atom stereocenters. The van der Waals surface area contributed by atoms with Gasteiger partial charge in [0.25, 0.3) is 0 Å². The molecular formula is C26H23Cl2N3O. The molecule has 1 N–H and O–H groups in total. The molecular weight excluding hydrogens is 441 g/mol. The lowest BCUT2D eigenvalue weighted by atomic mass is 10.1. The van der Waals surface area contributed by atoms with Gasteiger partial charge in [-0.05, 0) is 67.9 Å². The first-order valence-corrected chi connectivity index (χ1v) is 11.2. The Morgan fingerprint density at radius 2 is 1.59 bits per heavy atom. The molecule has 0 saturated carbocycles. The number of hydrogen-bond acceptors (Lipinski definition) is 3. The summed E-state index contributed by atoms with van der Waals surface area (Å²) >= 11 is 12.4. The molecule has 0 spiro atoms. The Hall–Kier alpha value is -3.08. The summed E-state index contributed by atoms with van der Waals surface area (Å²) in [6, 6.07) is 23.0. The number of ketones is 1. The summed E-state index contributed by atoms with van der Waals surface area (Å²) < 4.78 is 1.85. The molecule has 6 heteroatoms. The maximum Gasteiger partial charge on any atom is 0.162 e. The van der Waals surface area contributed by atoms with Crippen LogP contribution >= 0.6 is 23.2 Å². The summed E-state index contributed by atoms with van der Waals surface area (Å²) in [6.07, 6.45) is 1.39. The molecule has 0 amide bonds. The summed E-state index contributed by atoms with van der Waals surface area (Å²) in [5.41, 5.74) is 5.25. The fourth-order valence-electron chi connectivity index (χ4n) is 3.45. The topological polar surface area (TPSA) is 46.9 Å². The van der Waals surface area contributed by atoms with Gasteiger partial charge in [-0.15, -0.1) is 0 Å². The summed E-state index contributed by atoms with van der Waals surface area (Å²) in [4.78, 5) is 12.1. The lowest BCUT2D eigenvalue weighted by Gasteiger charge is -2.10. The van der Waals surface area contributed by atoms with Gasteiger partial charge in [-0.2, -0.15) is 5.10 Å². The molecule has 0 bridgehead atoms. The number of hydrogen-bond donors (Lipinski definition) is 1. The van der Waals surface area contributed by atoms with Gasteiger partial charge in [-0.1, -0.05) is 47.8 Å². The third-order valence-corrected chi connectivity index (χ3v) is 5.54. The Morgan fingerprint density at radius 1 is 0.938 bits per heavy atom. The lowest BCUT2D eigenvalue weighted by Crippen LogP contribution is -2.03. The quantitative estimate of drug-likeness (QED) is 0.283. The average molecular weight is 464 g/mol. The third kappa shape index (κ3) is 5.04. The van der Waals surface area contributed by atoms with E-state index >= 15 is 0 Å². The molecule has 162 valence electrons. The van der Waals surface area contributed by atoms with Crippen molar-refractivity contribution in [1.29, 1.82) is 0 Å². The number of nitrogens with zero attached hydrogens (tertiary/aromatic N) is 2. The van der Waals surface area contributed by atoms with E-state index in [0.29, 0.717) is 16.5 Å². The van der Waals surface area contributed by atoms with E-state index in [0.717, 1.165) is 40.4 Å². The van der Waals surface area contributed by atoms with Crippen molar-refractivity contribution in [2.75, 3.05) is 5.32 Å². The van der Waals surface area contributed by atoms with Gasteiger partial charge in [0, 0.05) is 39.3 Å². The standard InChI is InChI=1S/C26H23Cl2N3O/c1-3-4-25(32)18-7-9-22(10-8-18)29-26-16-24(19-13-20(27)15-21(28)14-19)30-31(26)23-11-5-17(2)6-12-23/h5-16,29H,3-4H2,1-2H3. The minimum Gasteiger partial charge on any atom is -0.340 e. The first-order valence-electron chi connectivity index (χ1n) is 10.5. The highest BCUT2D eigenvalue weighted by Gasteiger charge is 2.13. The smallest absolute Gasteiger partial charge is 0.162 e. The van der Waals surface area contributed by atoms with Crippen molar-refractivity contribution >= 4 is 40.5 Å². The Kier molecular flexibility index (Phi) is 6.63. The zero-order chi connectivity index (χ0) is 22.7. The normalized spacial score (nSPS) is 10.9. The number of aryl methyl sites for hydroxylation is 1. The molecule has 4 aromatic rings. The minimum absolute atomic E-state index is 0.156. The number of benzene rings is 3. The van der Waals surface area contributed by atoms with Crippen LogP contribution in [0.1, 0.15) is 35.7 Å². The number of halogens is 2. The maximum absolute atomic E-state index is 12.1. The fraction of sp³-hybridized carbons (Fsp3) is 0.154. The van der Waals surface area contributed by atoms with E-state index in [9.17, 15) is 4.79 Å². The van der Waals surface area contributed by atoms with E-state index in [4.69, 9.17) is 28.3 Å². The minimum atomic E-state index is 0.156. The Balaban J connectivity index is 1.72. The van der Waals surface area contributed by atoms with Crippen molar-refractivity contribution in [2.24, 2.45) is 0 Å². The second kappa shape index (κ2) is 9.60. The van der Waals surface area contributed by atoms with Gasteiger partial charge in [0.2, 0.25) is 0 Å². The van der Waals surface area contributed by atoms with E-state index < -0.39 is 0 Å². The van der Waals surface area contributed by atoms with Crippen molar-refractivity contribution in [3.05, 3.63) is 94.0 Å². The Labute approximate surface area is 197 Å². The predicted octanol–water partition coefficient (Wildman–Crippen LogP) is 7.88. The van der Waals surface area contributed by atoms with Crippen LogP contribution in [0.4, 0.5) is 11.5 Å². The summed E-state index contributed by atoms with van der Waals surface area (Å²) in [5.74, 6) is 0.941. The fourth-order valence-corrected chi connectivity index (χ4v) is 3.98. The predicted molar refractivity (Wildman–Crippen MR) is 133 cm³/mol. The molecule has 32 heavy (non-hydrogen) atoms. The van der Waals surface area contributed by atoms with E-state index in [1.54, 1.807) is 6.07 Å². The Bertz CT molecular complexity index is 1230. The van der Waals surface area contributed by atoms with E-state index in [1.807, 2.05) is 85.3 Å². The maximum atomic E-state index is 12.1. The second-order valence-electron chi connectivity index (χ2n) is 7.70. The molecule has 3 aromatic carbocycles. The SMILES string of the molecule is CCCC(=O)c1ccc(Nc2cc(-c3cc(Cl)cc(Cl)c3)nn2-c2ccc(C)cc2)cc1. The van der Waals surface area contributed by atoms with E-state index in [1.165, 1.54) is 5.56 Å². The summed E-state index contributed by atoms with van der Waals surface area (Å²) in [7, 11) is 0. The van der Waals surface area contributed by atoms with Gasteiger partial charge in [0.1, 0.15) is 5.82 Å². The molecule has 0 aliphatic heterocycles. The Morgan fingerprint density at radius 3 is 2.22 bits per heavy atom. The zero-order valence-electron chi connectivity index (χ0n) is 17.9. The van der Waals surface area contributed by atoms with Crippen LogP contribution in [0, 0.1) is 6.92 Å². The van der Waals surface area contributed by atoms with Crippen LogP contribution < -0.4 is 5.32 Å². The highest BCUT2D eigenvalue weighted by Crippen LogP contribution is 2.31. The van der Waals surface area contributed by atoms with Crippen LogP contribution in [0.3, 0.4) is 0 Å². The third-order valence-electron chi connectivity index (χ3n) is 5.10. The number of carbonyl (C=O) groups is 1. The summed E-state index contributed by atoms with van der Waals surface area (Å²) in [6.45, 7) is 4.05. The molecule has 0 aliphatic rings. The lowest BCUT2D eigenvalue weighted by molar-refractivity contribution is 0.0982. The molecule has 0 radical (unpaired) electrons. The van der Waals surface area contributed by atoms with Crippen molar-refractivity contribution in [3.8, 4) is 16.9 Å². The van der Waals surface area contributed by atoms with Crippen LogP contribution in [-0.2, 0) is 0 Å². The first-order chi connectivity index (χ1) is 15.4. The van der Waals surface area contributed by atoms with Crippen molar-refractivity contribution in [1.82, 2.24) is 9.78 Å². The number of nitrogens with one attached hydrogen (secondary N) is 1. The molecule has 0 aliphatic carbocycles. The number of Topliss-reactive ketones (excluding diaryl/α,β-unsaturated/α-hetero) is 1. The number of rotatable bonds is 7. The zero-order valence-corrected chi connectivity index (χ0v) is 19.4. The molecule has 0 fully saturated rings. The van der Waals surface area contributed by atoms with Gasteiger partial charge in [-0.25, -0.2) is 4.68 Å².